The van der Waals surface area contributed by atoms with Crippen LogP contribution in [0.4, 0.5) is 0 Å². The van der Waals surface area contributed by atoms with Gasteiger partial charge in [-0.2, -0.15) is 0 Å². The van der Waals surface area contributed by atoms with Crippen LogP contribution in [0.5, 0.6) is 0 Å². The molecule has 0 amide bonds. The highest BCUT2D eigenvalue weighted by Gasteiger charge is 2.19. The molecule has 1 rings (SSSR count). The number of carbonyl (C=O) groups excluding carboxylic acids is 1. The van der Waals surface area contributed by atoms with Crippen LogP contribution >= 0.6 is 11.6 Å². The van der Waals surface area contributed by atoms with Gasteiger partial charge < -0.3 is 4.74 Å². The van der Waals surface area contributed by atoms with E-state index in [9.17, 15) is 4.79 Å². The fraction of sp³-hybridized carbons (Fsp3) is 0.364. The predicted molar refractivity (Wildman–Crippen MR) is 56.7 cm³/mol. The van der Waals surface area contributed by atoms with Gasteiger partial charge in [0.05, 0.1) is 5.60 Å². The van der Waals surface area contributed by atoms with Crippen LogP contribution in [0.15, 0.2) is 24.3 Å². The summed E-state index contributed by atoms with van der Waals surface area (Å²) in [6, 6.07) is 7.09. The monoisotopic (exact) mass is 212 g/mol. The van der Waals surface area contributed by atoms with E-state index in [1.165, 1.54) is 0 Å². The third-order valence-corrected chi connectivity index (χ3v) is 2.54. The van der Waals surface area contributed by atoms with Gasteiger partial charge in [0.15, 0.2) is 0 Å². The second-order valence-electron chi connectivity index (χ2n) is 3.57. The van der Waals surface area contributed by atoms with Crippen molar-refractivity contribution < 1.29 is 9.53 Å². The zero-order valence-electron chi connectivity index (χ0n) is 8.50. The lowest BCUT2D eigenvalue weighted by Crippen LogP contribution is -2.19. The Kier molecular flexibility index (Phi) is 3.29. The van der Waals surface area contributed by atoms with Crippen molar-refractivity contribution in [1.82, 2.24) is 0 Å². The van der Waals surface area contributed by atoms with E-state index in [2.05, 4.69) is 0 Å². The highest BCUT2D eigenvalue weighted by atomic mass is 35.5. The van der Waals surface area contributed by atoms with E-state index >= 15 is 0 Å². The van der Waals surface area contributed by atoms with Crippen LogP contribution in [-0.4, -0.2) is 12.4 Å². The molecule has 0 fully saturated rings. The van der Waals surface area contributed by atoms with E-state index in [0.29, 0.717) is 5.56 Å². The van der Waals surface area contributed by atoms with Gasteiger partial charge in [0.25, 0.3) is 5.24 Å². The highest BCUT2D eigenvalue weighted by molar-refractivity contribution is 6.67. The molecule has 0 aliphatic carbocycles. The van der Waals surface area contributed by atoms with Crippen molar-refractivity contribution in [3.63, 3.8) is 0 Å². The van der Waals surface area contributed by atoms with Crippen molar-refractivity contribution in [2.45, 2.75) is 19.4 Å². The quantitative estimate of drug-likeness (QED) is 0.721. The Morgan fingerprint density at radius 1 is 1.29 bits per heavy atom. The number of methoxy groups -OCH3 is 1. The molecule has 0 bridgehead atoms. The standard InChI is InChI=1S/C11H13ClO2/c1-11(2,14-3)9-6-4-8(5-7-9)10(12)13/h4-7H,1-3H3. The van der Waals surface area contributed by atoms with Crippen LogP contribution in [0, 0.1) is 0 Å². The summed E-state index contributed by atoms with van der Waals surface area (Å²) in [6.07, 6.45) is 0. The van der Waals surface area contributed by atoms with Gasteiger partial charge in [-0.25, -0.2) is 0 Å². The molecule has 0 unspecified atom stereocenters. The minimum atomic E-state index is -0.438. The van der Waals surface area contributed by atoms with Crippen molar-refractivity contribution in [3.05, 3.63) is 35.4 Å². The normalized spacial score (nSPS) is 11.4. The molecule has 0 aliphatic rings. The highest BCUT2D eigenvalue weighted by Crippen LogP contribution is 2.23. The van der Waals surface area contributed by atoms with E-state index < -0.39 is 5.24 Å². The van der Waals surface area contributed by atoms with Gasteiger partial charge in [0.2, 0.25) is 0 Å². The van der Waals surface area contributed by atoms with Gasteiger partial charge in [-0.05, 0) is 43.1 Å². The molecule has 0 spiro atoms. The lowest BCUT2D eigenvalue weighted by atomic mass is 9.97. The van der Waals surface area contributed by atoms with Crippen LogP contribution in [0.3, 0.4) is 0 Å². The summed E-state index contributed by atoms with van der Waals surface area (Å²) in [7, 11) is 1.65. The molecule has 2 nitrogen and oxygen atoms in total. The molecule has 3 heteroatoms. The van der Waals surface area contributed by atoms with Crippen molar-refractivity contribution in [2.75, 3.05) is 7.11 Å². The summed E-state index contributed by atoms with van der Waals surface area (Å²) in [6.45, 7) is 3.93. The topological polar surface area (TPSA) is 26.3 Å². The molecule has 0 atom stereocenters. The zero-order valence-corrected chi connectivity index (χ0v) is 9.26. The largest absolute Gasteiger partial charge is 0.374 e. The average Bonchev–Trinajstić information content (AvgIpc) is 2.18. The molecule has 0 aromatic heterocycles. The Balaban J connectivity index is 2.99. The molecule has 0 N–H and O–H groups in total. The van der Waals surface area contributed by atoms with Crippen LogP contribution in [0.1, 0.15) is 29.8 Å². The SMILES string of the molecule is COC(C)(C)c1ccc(C(=O)Cl)cc1. The van der Waals surface area contributed by atoms with Crippen molar-refractivity contribution >= 4 is 16.8 Å². The molecule has 0 saturated heterocycles. The predicted octanol–water partition coefficient (Wildman–Crippen LogP) is 2.95. The number of benzene rings is 1. The lowest BCUT2D eigenvalue weighted by Gasteiger charge is -2.23. The molecule has 0 saturated carbocycles. The van der Waals surface area contributed by atoms with Crippen molar-refractivity contribution in [1.29, 1.82) is 0 Å². The first-order valence-corrected chi connectivity index (χ1v) is 4.70. The molecule has 0 aliphatic heterocycles. The second-order valence-corrected chi connectivity index (χ2v) is 3.91. The van der Waals surface area contributed by atoms with Crippen LogP contribution in [0.2, 0.25) is 0 Å². The molecular formula is C11H13ClO2. The molecule has 1 aromatic rings. The van der Waals surface area contributed by atoms with Gasteiger partial charge >= 0.3 is 0 Å². The van der Waals surface area contributed by atoms with E-state index in [0.717, 1.165) is 5.56 Å². The molecule has 0 radical (unpaired) electrons. The summed E-state index contributed by atoms with van der Waals surface area (Å²) in [4.78, 5) is 10.8. The fourth-order valence-electron chi connectivity index (χ4n) is 1.12. The Labute approximate surface area is 88.8 Å². The van der Waals surface area contributed by atoms with Crippen molar-refractivity contribution in [2.24, 2.45) is 0 Å². The van der Waals surface area contributed by atoms with E-state index in [-0.39, 0.29) is 5.60 Å². The Hall–Kier alpha value is -0.860. The second kappa shape index (κ2) is 4.11. The minimum Gasteiger partial charge on any atom is -0.374 e. The summed E-state index contributed by atoms with van der Waals surface area (Å²) in [5, 5.41) is -0.438. The number of halogens is 1. The molecular weight excluding hydrogens is 200 g/mol. The average molecular weight is 213 g/mol. The first kappa shape index (κ1) is 11.2. The van der Waals surface area contributed by atoms with Gasteiger partial charge in [0.1, 0.15) is 0 Å². The number of carbonyl (C=O) groups is 1. The van der Waals surface area contributed by atoms with Gasteiger partial charge in [-0.1, -0.05) is 12.1 Å². The number of ether oxygens (including phenoxy) is 1. The summed E-state index contributed by atoms with van der Waals surface area (Å²) >= 11 is 5.33. The molecule has 14 heavy (non-hydrogen) atoms. The minimum absolute atomic E-state index is 0.339. The third-order valence-electron chi connectivity index (χ3n) is 2.32. The van der Waals surface area contributed by atoms with E-state index in [1.54, 1.807) is 19.2 Å². The Morgan fingerprint density at radius 3 is 2.14 bits per heavy atom. The zero-order chi connectivity index (χ0) is 10.8. The van der Waals surface area contributed by atoms with Crippen LogP contribution in [0.25, 0.3) is 0 Å². The van der Waals surface area contributed by atoms with Gasteiger partial charge in [-0.3, -0.25) is 4.79 Å². The van der Waals surface area contributed by atoms with Crippen molar-refractivity contribution in [3.8, 4) is 0 Å². The summed E-state index contributed by atoms with van der Waals surface area (Å²) in [5.74, 6) is 0. The van der Waals surface area contributed by atoms with E-state index in [4.69, 9.17) is 16.3 Å². The maximum Gasteiger partial charge on any atom is 0.252 e. The number of rotatable bonds is 3. The first-order chi connectivity index (χ1) is 6.47. The molecule has 0 heterocycles. The Bertz CT molecular complexity index is 328. The van der Waals surface area contributed by atoms with Gasteiger partial charge in [0, 0.05) is 12.7 Å². The summed E-state index contributed by atoms with van der Waals surface area (Å²) < 4.78 is 5.31. The number of hydrogen-bond donors (Lipinski definition) is 0. The van der Waals surface area contributed by atoms with E-state index in [1.807, 2.05) is 26.0 Å². The fourth-order valence-corrected chi connectivity index (χ4v) is 1.25. The molecule has 76 valence electrons. The molecule has 1 aromatic carbocycles. The van der Waals surface area contributed by atoms with Crippen LogP contribution in [-0.2, 0) is 10.3 Å². The third kappa shape index (κ3) is 2.34. The number of hydrogen-bond acceptors (Lipinski definition) is 2. The maximum absolute atomic E-state index is 10.8. The summed E-state index contributed by atoms with van der Waals surface area (Å²) in [5.41, 5.74) is 1.18. The first-order valence-electron chi connectivity index (χ1n) is 4.33. The lowest BCUT2D eigenvalue weighted by molar-refractivity contribution is 0.0192. The maximum atomic E-state index is 10.8. The van der Waals surface area contributed by atoms with Gasteiger partial charge in [-0.15, -0.1) is 0 Å². The van der Waals surface area contributed by atoms with Crippen LogP contribution < -0.4 is 0 Å². The smallest absolute Gasteiger partial charge is 0.252 e. The Morgan fingerprint density at radius 2 is 1.79 bits per heavy atom.